The minimum absolute atomic E-state index is 0.310. The molecule has 98 valence electrons. The van der Waals surface area contributed by atoms with Gasteiger partial charge in [-0.25, -0.2) is 9.37 Å². The smallest absolute Gasteiger partial charge is 0.132 e. The molecule has 0 saturated carbocycles. The fraction of sp³-hybridized carbons (Fsp3) is 0. The molecular weight excluding hydrogens is 275 g/mol. The van der Waals surface area contributed by atoms with Crippen molar-refractivity contribution in [1.29, 1.82) is 0 Å². The lowest BCUT2D eigenvalue weighted by Crippen LogP contribution is -1.92. The average molecular weight is 285 g/mol. The third-order valence-corrected chi connectivity index (χ3v) is 3.18. The summed E-state index contributed by atoms with van der Waals surface area (Å²) in [5.74, 6) is -0.310. The van der Waals surface area contributed by atoms with Crippen LogP contribution < -0.4 is 0 Å². The highest BCUT2D eigenvalue weighted by Gasteiger charge is 2.08. The Hall–Kier alpha value is -2.26. The Balaban J connectivity index is 2.06. The molecule has 0 unspecified atom stereocenters. The molecule has 0 saturated heterocycles. The van der Waals surface area contributed by atoms with Crippen LogP contribution in [0.5, 0.6) is 0 Å². The van der Waals surface area contributed by atoms with Crippen molar-refractivity contribution in [2.75, 3.05) is 0 Å². The zero-order valence-corrected chi connectivity index (χ0v) is 11.2. The first kappa shape index (κ1) is 12.8. The highest BCUT2D eigenvalue weighted by molar-refractivity contribution is 6.30. The quantitative estimate of drug-likeness (QED) is 0.687. The topological polar surface area (TPSA) is 25.8 Å². The van der Waals surface area contributed by atoms with E-state index >= 15 is 0 Å². The molecule has 1 aromatic heterocycles. The highest BCUT2D eigenvalue weighted by Crippen LogP contribution is 2.24. The molecule has 0 aliphatic heterocycles. The Morgan fingerprint density at radius 1 is 0.850 bits per heavy atom. The molecule has 0 aliphatic carbocycles. The Morgan fingerprint density at radius 2 is 1.55 bits per heavy atom. The van der Waals surface area contributed by atoms with Crippen LogP contribution in [0.4, 0.5) is 4.39 Å². The van der Waals surface area contributed by atoms with Crippen molar-refractivity contribution >= 4 is 11.6 Å². The van der Waals surface area contributed by atoms with E-state index in [1.807, 2.05) is 12.1 Å². The first-order valence-corrected chi connectivity index (χ1v) is 6.45. The number of hydrogen-bond donors (Lipinski definition) is 0. The Kier molecular flexibility index (Phi) is 3.44. The standard InChI is InChI=1S/C16H10ClFN2/c17-12-7-5-11(6-8-12)15-9-19-10-16(20-15)13-3-1-2-4-14(13)18/h1-10H. The van der Waals surface area contributed by atoms with Gasteiger partial charge in [-0.05, 0) is 24.3 Å². The van der Waals surface area contributed by atoms with Crippen molar-refractivity contribution in [2.45, 2.75) is 0 Å². The van der Waals surface area contributed by atoms with Gasteiger partial charge in [0, 0.05) is 16.1 Å². The maximum absolute atomic E-state index is 13.8. The molecule has 3 aromatic rings. The Morgan fingerprint density at radius 3 is 2.30 bits per heavy atom. The van der Waals surface area contributed by atoms with Crippen molar-refractivity contribution in [1.82, 2.24) is 9.97 Å². The molecule has 0 radical (unpaired) electrons. The summed E-state index contributed by atoms with van der Waals surface area (Å²) in [6.07, 6.45) is 3.20. The fourth-order valence-corrected chi connectivity index (χ4v) is 2.05. The van der Waals surface area contributed by atoms with Crippen molar-refractivity contribution in [3.05, 3.63) is 71.8 Å². The van der Waals surface area contributed by atoms with Gasteiger partial charge in [-0.1, -0.05) is 35.9 Å². The molecule has 0 spiro atoms. The van der Waals surface area contributed by atoms with Crippen LogP contribution in [0.25, 0.3) is 22.5 Å². The summed E-state index contributed by atoms with van der Waals surface area (Å²) >= 11 is 5.86. The van der Waals surface area contributed by atoms with Crippen LogP contribution in [-0.4, -0.2) is 9.97 Å². The van der Waals surface area contributed by atoms with Crippen LogP contribution in [0, 0.1) is 5.82 Å². The van der Waals surface area contributed by atoms with Crippen molar-refractivity contribution in [2.24, 2.45) is 0 Å². The van der Waals surface area contributed by atoms with E-state index in [0.29, 0.717) is 22.0 Å². The van der Waals surface area contributed by atoms with Crippen molar-refractivity contribution < 1.29 is 4.39 Å². The van der Waals surface area contributed by atoms with E-state index < -0.39 is 0 Å². The van der Waals surface area contributed by atoms with Gasteiger partial charge in [0.2, 0.25) is 0 Å². The minimum atomic E-state index is -0.310. The number of halogens is 2. The van der Waals surface area contributed by atoms with E-state index in [1.165, 1.54) is 6.07 Å². The number of rotatable bonds is 2. The lowest BCUT2D eigenvalue weighted by Gasteiger charge is -2.05. The maximum Gasteiger partial charge on any atom is 0.132 e. The average Bonchev–Trinajstić information content (AvgIpc) is 2.49. The summed E-state index contributed by atoms with van der Waals surface area (Å²) in [5, 5.41) is 0.659. The number of aromatic nitrogens is 2. The van der Waals surface area contributed by atoms with Gasteiger partial charge in [-0.3, -0.25) is 4.98 Å². The normalized spacial score (nSPS) is 10.5. The second-order valence-electron chi connectivity index (χ2n) is 4.28. The summed E-state index contributed by atoms with van der Waals surface area (Å²) in [6.45, 7) is 0. The highest BCUT2D eigenvalue weighted by atomic mass is 35.5. The number of benzene rings is 2. The predicted octanol–water partition coefficient (Wildman–Crippen LogP) is 4.60. The zero-order chi connectivity index (χ0) is 13.9. The molecule has 0 aliphatic rings. The third kappa shape index (κ3) is 2.53. The monoisotopic (exact) mass is 284 g/mol. The van der Waals surface area contributed by atoms with E-state index in [1.54, 1.807) is 42.7 Å². The van der Waals surface area contributed by atoms with Gasteiger partial charge in [0.05, 0.1) is 23.8 Å². The third-order valence-electron chi connectivity index (χ3n) is 2.92. The summed E-state index contributed by atoms with van der Waals surface area (Å²) in [5.41, 5.74) is 2.52. The molecule has 1 heterocycles. The van der Waals surface area contributed by atoms with Crippen LogP contribution in [0.2, 0.25) is 5.02 Å². The van der Waals surface area contributed by atoms with E-state index in [2.05, 4.69) is 9.97 Å². The zero-order valence-electron chi connectivity index (χ0n) is 10.4. The van der Waals surface area contributed by atoms with Gasteiger partial charge in [-0.15, -0.1) is 0 Å². The molecule has 0 amide bonds. The minimum Gasteiger partial charge on any atom is -0.260 e. The van der Waals surface area contributed by atoms with Gasteiger partial charge >= 0.3 is 0 Å². The maximum atomic E-state index is 13.8. The largest absolute Gasteiger partial charge is 0.260 e. The summed E-state index contributed by atoms with van der Waals surface area (Å²) in [6, 6.07) is 13.8. The molecule has 0 bridgehead atoms. The van der Waals surface area contributed by atoms with Crippen LogP contribution in [-0.2, 0) is 0 Å². The molecule has 2 nitrogen and oxygen atoms in total. The van der Waals surface area contributed by atoms with Crippen LogP contribution in [0.1, 0.15) is 0 Å². The van der Waals surface area contributed by atoms with Gasteiger partial charge in [0.1, 0.15) is 5.82 Å². The second kappa shape index (κ2) is 5.39. The first-order chi connectivity index (χ1) is 9.74. The summed E-state index contributed by atoms with van der Waals surface area (Å²) in [4.78, 5) is 8.60. The van der Waals surface area contributed by atoms with E-state index in [-0.39, 0.29) is 5.82 Å². The number of nitrogens with zero attached hydrogens (tertiary/aromatic N) is 2. The Bertz CT molecular complexity index is 741. The van der Waals surface area contributed by atoms with Crippen LogP contribution in [0.3, 0.4) is 0 Å². The molecule has 0 N–H and O–H groups in total. The lowest BCUT2D eigenvalue weighted by atomic mass is 10.1. The van der Waals surface area contributed by atoms with Gasteiger partial charge < -0.3 is 0 Å². The van der Waals surface area contributed by atoms with E-state index in [4.69, 9.17) is 11.6 Å². The van der Waals surface area contributed by atoms with E-state index in [0.717, 1.165) is 5.56 Å². The SMILES string of the molecule is Fc1ccccc1-c1cncc(-c2ccc(Cl)cc2)n1. The molecule has 0 atom stereocenters. The van der Waals surface area contributed by atoms with E-state index in [9.17, 15) is 4.39 Å². The van der Waals surface area contributed by atoms with Gasteiger partial charge in [-0.2, -0.15) is 0 Å². The molecule has 4 heteroatoms. The fourth-order valence-electron chi connectivity index (χ4n) is 1.92. The number of hydrogen-bond acceptors (Lipinski definition) is 2. The van der Waals surface area contributed by atoms with Gasteiger partial charge in [0.25, 0.3) is 0 Å². The summed E-state index contributed by atoms with van der Waals surface area (Å²) < 4.78 is 13.8. The first-order valence-electron chi connectivity index (χ1n) is 6.07. The summed E-state index contributed by atoms with van der Waals surface area (Å²) in [7, 11) is 0. The molecule has 0 fully saturated rings. The molecule has 20 heavy (non-hydrogen) atoms. The Labute approximate surface area is 120 Å². The van der Waals surface area contributed by atoms with Crippen LogP contribution in [0.15, 0.2) is 60.9 Å². The van der Waals surface area contributed by atoms with Gasteiger partial charge in [0.15, 0.2) is 0 Å². The lowest BCUT2D eigenvalue weighted by molar-refractivity contribution is 0.630. The molecule has 2 aromatic carbocycles. The van der Waals surface area contributed by atoms with Crippen molar-refractivity contribution in [3.8, 4) is 22.5 Å². The second-order valence-corrected chi connectivity index (χ2v) is 4.71. The predicted molar refractivity (Wildman–Crippen MR) is 77.9 cm³/mol. The molecular formula is C16H10ClFN2. The van der Waals surface area contributed by atoms with Crippen LogP contribution >= 0.6 is 11.6 Å². The van der Waals surface area contributed by atoms with Crippen molar-refractivity contribution in [3.63, 3.8) is 0 Å². The molecule has 3 rings (SSSR count).